The largest absolute Gasteiger partial charge is 0.238 e. The standard InChI is InChI=1S/2C26H19N2Se.3C23H21N2/c1-17-9-11-22-21-12-10-20(27-2)16-24(21)29-26(22)25(17)23-15-19(13-14-28(23)3)18-7-5-4-6-8-18;1-17-11-12-21-25-20(16-27)9-6-10-23(25)29-26(21)24(17)22-15-19(13-14-28(22)2)18-7-4-3-5-8-18;1-15-12-13-17-16-9-8-10-18(24-4)21(16)23(2,3)22(17)20(15)19-11-6-7-14-25(19)5;1-15-9-11-18-17-12-10-16(24-4)14-19(17)23(2,3)22(18)21(15)20-8-6-7-13-25(20)5;1-15-11-12-17-21-16(14-24)8-7-9-18(21)23(2,3)22(17)20(15)19-10-5-6-13-25(19)4/h4-16H,1,3H3;3-15H,1-2H3;2*6-14H,1-3,5H3;5-13H,1-4H3/q5*+1. The van der Waals surface area contributed by atoms with Crippen molar-refractivity contribution in [3.8, 4) is 124 Å². The molecule has 0 saturated heterocycles. The number of rotatable bonds is 7. The van der Waals surface area contributed by atoms with E-state index in [1.165, 1.54) is 195 Å². The van der Waals surface area contributed by atoms with Crippen LogP contribution in [0.2, 0.25) is 0 Å². The van der Waals surface area contributed by atoms with Crippen LogP contribution in [-0.2, 0) is 51.5 Å². The SMILES string of the molecule is Cc1ccc2c([se]c3cccc(C#N)c32)c1-c1cc(-c2ccccc2)cc[n+]1C.Cc1ccc2c(c1-c1cccc[n+]1C)C(C)(C)c1cccc(C#N)c1-2.[C-]#[N+]c1ccc2c(c1)C(C)(C)c1c-2ccc(C)c1-c1cccc[n+]1C.[C-]#[N+]c1ccc2c(c1)[se]c1c(-c3cc(-c4ccccc4)cc[n+]3C)c(C)ccc12.[C-]#[N+]c1cccc2c1C(C)(C)c1c-2ccc(C)c1-c1cccc[n+]1C. The van der Waals surface area contributed by atoms with Crippen LogP contribution >= 0.6 is 0 Å². The van der Waals surface area contributed by atoms with Crippen molar-refractivity contribution in [2.45, 2.75) is 92.4 Å². The summed E-state index contributed by atoms with van der Waals surface area (Å²) >= 11 is 0.386. The number of fused-ring (bicyclic) bond motifs is 15. The van der Waals surface area contributed by atoms with Crippen molar-refractivity contribution in [2.75, 3.05) is 0 Å². The zero-order valence-electron chi connectivity index (χ0n) is 77.9. The van der Waals surface area contributed by atoms with Gasteiger partial charge in [0.25, 0.3) is 0 Å². The van der Waals surface area contributed by atoms with E-state index in [0.717, 1.165) is 39.0 Å². The number of pyridine rings is 5. The second kappa shape index (κ2) is 35.6. The first kappa shape index (κ1) is 88.5. The Kier molecular flexibility index (Phi) is 23.7. The first-order chi connectivity index (χ1) is 64.2. The van der Waals surface area contributed by atoms with Gasteiger partial charge in [-0.2, -0.15) is 5.26 Å². The minimum Gasteiger partial charge on any atom is -0.238 e. The number of aryl methyl sites for hydroxylation is 10. The minimum atomic E-state index is -0.198. The number of nitrogens with zero attached hydrogens (tertiary/aromatic N) is 10. The van der Waals surface area contributed by atoms with Gasteiger partial charge in [-0.1, -0.05) is 126 Å². The summed E-state index contributed by atoms with van der Waals surface area (Å²) in [4.78, 5) is 11.1. The number of hydrogen-bond donors (Lipinski definition) is 0. The van der Waals surface area contributed by atoms with Crippen LogP contribution in [0.15, 0.2) is 322 Å². The predicted molar refractivity (Wildman–Crippen MR) is 545 cm³/mol. The summed E-state index contributed by atoms with van der Waals surface area (Å²) in [6.07, 6.45) is 10.6. The molecule has 7 heterocycles. The van der Waals surface area contributed by atoms with E-state index in [0.29, 0.717) is 5.69 Å². The average Bonchev–Trinajstić information content (AvgIpc) is 1.56. The molecule has 19 aromatic rings. The van der Waals surface area contributed by atoms with Crippen LogP contribution in [0.1, 0.15) is 114 Å². The second-order valence-corrected chi connectivity index (χ2v) is 41.0. The van der Waals surface area contributed by atoms with Crippen LogP contribution in [0.25, 0.3) is 165 Å². The second-order valence-electron chi connectivity index (χ2n) is 36.6. The molecular formula is C121H101N10Se2+5. The molecule has 0 amide bonds. The molecule has 0 saturated carbocycles. The number of benzene rings is 12. The molecule has 0 radical (unpaired) electrons. The Labute approximate surface area is 792 Å². The van der Waals surface area contributed by atoms with Gasteiger partial charge in [-0.3, -0.25) is 0 Å². The maximum atomic E-state index is 9.63. The first-order valence-corrected chi connectivity index (χ1v) is 48.3. The fourth-order valence-corrected chi connectivity index (χ4v) is 26.4. The molecule has 0 aliphatic heterocycles. The smallest absolute Gasteiger partial charge is 0.212 e. The van der Waals surface area contributed by atoms with E-state index in [9.17, 15) is 10.5 Å². The van der Waals surface area contributed by atoms with Crippen LogP contribution < -0.4 is 22.8 Å². The summed E-state index contributed by atoms with van der Waals surface area (Å²) in [5.41, 5.74) is 42.2. The molecule has 642 valence electrons. The van der Waals surface area contributed by atoms with Crippen LogP contribution in [0.4, 0.5) is 17.1 Å². The van der Waals surface area contributed by atoms with Gasteiger partial charge in [0.1, 0.15) is 21.1 Å². The van der Waals surface area contributed by atoms with Crippen LogP contribution in [-0.4, -0.2) is 29.0 Å². The van der Waals surface area contributed by atoms with E-state index in [4.69, 9.17) is 19.7 Å². The molecule has 0 fully saturated rings. The molecule has 12 heteroatoms. The maximum Gasteiger partial charge on any atom is 0.212 e. The average molecular weight is 1850 g/mol. The van der Waals surface area contributed by atoms with Gasteiger partial charge in [0.05, 0.1) is 41.5 Å². The Morgan fingerprint density at radius 3 is 1.22 bits per heavy atom. The molecule has 133 heavy (non-hydrogen) atoms. The van der Waals surface area contributed by atoms with Crippen LogP contribution in [0.5, 0.6) is 0 Å². The van der Waals surface area contributed by atoms with Gasteiger partial charge in [-0.25, -0.2) is 23.4 Å². The maximum absolute atomic E-state index is 9.63. The molecule has 0 bridgehead atoms. The molecule has 0 atom stereocenters. The number of aromatic nitrogens is 5. The summed E-state index contributed by atoms with van der Waals surface area (Å²) < 4.78 is 16.4. The van der Waals surface area contributed by atoms with Gasteiger partial charge in [-0.05, 0) is 123 Å². The van der Waals surface area contributed by atoms with Crippen molar-refractivity contribution in [2.24, 2.45) is 35.2 Å². The normalized spacial score (nSPS) is 12.7. The fourth-order valence-electron chi connectivity index (χ4n) is 20.8. The van der Waals surface area contributed by atoms with Gasteiger partial charge < -0.3 is 0 Å². The van der Waals surface area contributed by atoms with Crippen LogP contribution in [0.3, 0.4) is 0 Å². The van der Waals surface area contributed by atoms with Crippen molar-refractivity contribution in [1.82, 2.24) is 0 Å². The van der Waals surface area contributed by atoms with E-state index >= 15 is 0 Å². The molecule has 3 aliphatic rings. The van der Waals surface area contributed by atoms with E-state index in [-0.39, 0.29) is 45.3 Å². The molecule has 0 N–H and O–H groups in total. The Bertz CT molecular complexity index is 8220. The van der Waals surface area contributed by atoms with Crippen molar-refractivity contribution in [3.63, 3.8) is 0 Å². The molecular weight excluding hydrogens is 1750 g/mol. The van der Waals surface area contributed by atoms with E-state index in [2.05, 4.69) is 428 Å². The summed E-state index contributed by atoms with van der Waals surface area (Å²) in [7, 11) is 10.5. The van der Waals surface area contributed by atoms with Crippen molar-refractivity contribution >= 4 is 84.7 Å². The molecule has 0 spiro atoms. The van der Waals surface area contributed by atoms with Crippen LogP contribution in [0, 0.1) is 77.0 Å². The first-order valence-electron chi connectivity index (χ1n) is 44.8. The minimum absolute atomic E-state index is 0.129. The van der Waals surface area contributed by atoms with Crippen molar-refractivity contribution in [1.29, 1.82) is 10.5 Å². The molecule has 7 aromatic heterocycles. The Balaban J connectivity index is 0.000000112. The van der Waals surface area contributed by atoms with E-state index < -0.39 is 0 Å². The Morgan fingerprint density at radius 1 is 0.286 bits per heavy atom. The summed E-state index contributed by atoms with van der Waals surface area (Å²) in [6.45, 7) is 46.8. The third-order valence-corrected chi connectivity index (χ3v) is 32.3. The van der Waals surface area contributed by atoms with Crippen molar-refractivity contribution < 1.29 is 22.8 Å². The van der Waals surface area contributed by atoms with Gasteiger partial charge in [0.2, 0.25) is 17.1 Å². The van der Waals surface area contributed by atoms with E-state index in [1.54, 1.807) is 0 Å². The quantitative estimate of drug-likeness (QED) is 0.0905. The topological polar surface area (TPSA) is 80.1 Å². The van der Waals surface area contributed by atoms with Gasteiger partial charge in [0, 0.05) is 58.2 Å². The zero-order valence-corrected chi connectivity index (χ0v) is 81.3. The summed E-state index contributed by atoms with van der Waals surface area (Å²) in [5, 5.41) is 24.2. The molecule has 12 aromatic carbocycles. The van der Waals surface area contributed by atoms with E-state index in [1.807, 2.05) is 54.6 Å². The number of nitriles is 2. The Morgan fingerprint density at radius 2 is 0.692 bits per heavy atom. The number of hydrogen-bond acceptors (Lipinski definition) is 2. The van der Waals surface area contributed by atoms with Gasteiger partial charge in [0.15, 0.2) is 30.0 Å². The third-order valence-electron chi connectivity index (χ3n) is 27.3. The molecule has 3 aliphatic carbocycles. The zero-order chi connectivity index (χ0) is 93.2. The summed E-state index contributed by atoms with van der Waals surface area (Å²) in [6, 6.07) is 106. The van der Waals surface area contributed by atoms with Gasteiger partial charge >= 0.3 is 353 Å². The Hall–Kier alpha value is -15.1. The molecule has 10 nitrogen and oxygen atoms in total. The third kappa shape index (κ3) is 15.6. The predicted octanol–water partition coefficient (Wildman–Crippen LogP) is 26.8. The summed E-state index contributed by atoms with van der Waals surface area (Å²) in [5.74, 6) is 0. The molecule has 22 rings (SSSR count). The monoisotopic (exact) mass is 1850 g/mol. The molecule has 0 unspecified atom stereocenters. The van der Waals surface area contributed by atoms with Gasteiger partial charge in [-0.15, -0.1) is 0 Å². The fraction of sp³-hybridized carbons (Fsp3) is 0.157. The van der Waals surface area contributed by atoms with Crippen molar-refractivity contribution in [3.05, 3.63) is 429 Å².